The summed E-state index contributed by atoms with van der Waals surface area (Å²) in [4.78, 5) is 16.7. The van der Waals surface area contributed by atoms with Crippen LogP contribution in [0.5, 0.6) is 0 Å². The van der Waals surface area contributed by atoms with Gasteiger partial charge in [0.05, 0.1) is 11.4 Å². The van der Waals surface area contributed by atoms with Crippen LogP contribution in [-0.4, -0.2) is 15.3 Å². The number of rotatable bonds is 4. The van der Waals surface area contributed by atoms with Crippen LogP contribution in [0.2, 0.25) is 0 Å². The van der Waals surface area contributed by atoms with Gasteiger partial charge in [-0.15, -0.1) is 0 Å². The third kappa shape index (κ3) is 2.60. The Bertz CT molecular complexity index is 800. The average Bonchev–Trinajstić information content (AvgIpc) is 3.23. The number of pyridine rings is 1. The summed E-state index contributed by atoms with van der Waals surface area (Å²) in [6.45, 7) is 0. The van der Waals surface area contributed by atoms with Crippen LogP contribution in [-0.2, 0) is 4.79 Å². The Labute approximate surface area is 128 Å². The number of fused-ring (bicyclic) bond motifs is 1. The van der Waals surface area contributed by atoms with E-state index in [9.17, 15) is 4.79 Å². The van der Waals surface area contributed by atoms with E-state index in [0.29, 0.717) is 12.3 Å². The second-order valence-electron chi connectivity index (χ2n) is 5.83. The SMILES string of the molecule is O=C(CC1CC1)Nc1ccccc1-c1cn2ccccc2n1. The molecule has 1 aromatic carbocycles. The molecule has 1 saturated carbocycles. The Hall–Kier alpha value is -2.62. The molecule has 2 heterocycles. The molecule has 1 amide bonds. The van der Waals surface area contributed by atoms with Gasteiger partial charge in [0, 0.05) is 24.4 Å². The normalized spacial score (nSPS) is 14.2. The topological polar surface area (TPSA) is 46.4 Å². The third-order valence-corrected chi connectivity index (χ3v) is 4.01. The number of hydrogen-bond acceptors (Lipinski definition) is 2. The van der Waals surface area contributed by atoms with E-state index < -0.39 is 0 Å². The molecule has 22 heavy (non-hydrogen) atoms. The summed E-state index contributed by atoms with van der Waals surface area (Å²) >= 11 is 0. The molecule has 0 unspecified atom stereocenters. The van der Waals surface area contributed by atoms with E-state index >= 15 is 0 Å². The Balaban J connectivity index is 1.67. The number of benzene rings is 1. The monoisotopic (exact) mass is 291 g/mol. The molecule has 2 aromatic heterocycles. The quantitative estimate of drug-likeness (QED) is 0.796. The molecule has 3 aromatic rings. The van der Waals surface area contributed by atoms with Crippen LogP contribution in [0.25, 0.3) is 16.9 Å². The van der Waals surface area contributed by atoms with Crippen LogP contribution in [0.3, 0.4) is 0 Å². The van der Waals surface area contributed by atoms with Crippen molar-refractivity contribution >= 4 is 17.2 Å². The van der Waals surface area contributed by atoms with Gasteiger partial charge in [-0.05, 0) is 37.0 Å². The summed E-state index contributed by atoms with van der Waals surface area (Å²) in [7, 11) is 0. The highest BCUT2D eigenvalue weighted by atomic mass is 16.1. The number of aromatic nitrogens is 2. The van der Waals surface area contributed by atoms with E-state index in [2.05, 4.69) is 10.3 Å². The highest BCUT2D eigenvalue weighted by Gasteiger charge is 2.24. The number of hydrogen-bond donors (Lipinski definition) is 1. The average molecular weight is 291 g/mol. The molecule has 0 spiro atoms. The van der Waals surface area contributed by atoms with Crippen LogP contribution in [0.15, 0.2) is 54.9 Å². The van der Waals surface area contributed by atoms with Crippen molar-refractivity contribution in [3.63, 3.8) is 0 Å². The summed E-state index contributed by atoms with van der Waals surface area (Å²) < 4.78 is 1.98. The van der Waals surface area contributed by atoms with Crippen LogP contribution in [0.4, 0.5) is 5.69 Å². The fourth-order valence-corrected chi connectivity index (χ4v) is 2.67. The van der Waals surface area contributed by atoms with Crippen molar-refractivity contribution in [2.24, 2.45) is 5.92 Å². The number of para-hydroxylation sites is 1. The number of anilines is 1. The molecule has 0 atom stereocenters. The molecular formula is C18H17N3O. The predicted molar refractivity (Wildman–Crippen MR) is 86.6 cm³/mol. The lowest BCUT2D eigenvalue weighted by atomic mass is 10.1. The fraction of sp³-hybridized carbons (Fsp3) is 0.222. The first kappa shape index (κ1) is 13.1. The smallest absolute Gasteiger partial charge is 0.224 e. The predicted octanol–water partition coefficient (Wildman–Crippen LogP) is 3.74. The Morgan fingerprint density at radius 3 is 2.82 bits per heavy atom. The van der Waals surface area contributed by atoms with Crippen molar-refractivity contribution in [2.45, 2.75) is 19.3 Å². The van der Waals surface area contributed by atoms with Crippen LogP contribution >= 0.6 is 0 Å². The van der Waals surface area contributed by atoms with E-state index in [-0.39, 0.29) is 5.91 Å². The maximum Gasteiger partial charge on any atom is 0.224 e. The first-order chi connectivity index (χ1) is 10.8. The summed E-state index contributed by atoms with van der Waals surface area (Å²) in [5, 5.41) is 3.04. The van der Waals surface area contributed by atoms with Gasteiger partial charge in [0.2, 0.25) is 5.91 Å². The summed E-state index contributed by atoms with van der Waals surface area (Å²) in [6, 6.07) is 13.7. The zero-order valence-electron chi connectivity index (χ0n) is 12.2. The van der Waals surface area contributed by atoms with Crippen LogP contribution < -0.4 is 5.32 Å². The van der Waals surface area contributed by atoms with E-state index in [4.69, 9.17) is 0 Å². The number of nitrogens with one attached hydrogen (secondary N) is 1. The van der Waals surface area contributed by atoms with Crippen molar-refractivity contribution in [1.29, 1.82) is 0 Å². The molecule has 110 valence electrons. The highest BCUT2D eigenvalue weighted by Crippen LogP contribution is 2.33. The fourth-order valence-electron chi connectivity index (χ4n) is 2.67. The van der Waals surface area contributed by atoms with Gasteiger partial charge < -0.3 is 9.72 Å². The highest BCUT2D eigenvalue weighted by molar-refractivity contribution is 5.95. The molecule has 1 aliphatic rings. The molecule has 0 aliphatic heterocycles. The minimum Gasteiger partial charge on any atom is -0.325 e. The largest absolute Gasteiger partial charge is 0.325 e. The minimum absolute atomic E-state index is 0.0960. The maximum absolute atomic E-state index is 12.1. The molecule has 1 N–H and O–H groups in total. The van der Waals surface area contributed by atoms with Crippen molar-refractivity contribution in [2.75, 3.05) is 5.32 Å². The van der Waals surface area contributed by atoms with Crippen molar-refractivity contribution < 1.29 is 4.79 Å². The first-order valence-electron chi connectivity index (χ1n) is 7.62. The van der Waals surface area contributed by atoms with E-state index in [0.717, 1.165) is 22.6 Å². The number of amides is 1. The lowest BCUT2D eigenvalue weighted by molar-refractivity contribution is -0.116. The third-order valence-electron chi connectivity index (χ3n) is 4.01. The molecule has 0 saturated heterocycles. The molecule has 4 nitrogen and oxygen atoms in total. The van der Waals surface area contributed by atoms with E-state index in [1.54, 1.807) is 0 Å². The van der Waals surface area contributed by atoms with E-state index in [1.807, 2.05) is 59.3 Å². The lowest BCUT2D eigenvalue weighted by Crippen LogP contribution is -2.12. The number of carbonyl (C=O) groups excluding carboxylic acids is 1. The molecule has 1 fully saturated rings. The standard InChI is InChI=1S/C18H17N3O/c22-18(11-13-8-9-13)20-15-6-2-1-5-14(15)16-12-21-10-4-3-7-17(21)19-16/h1-7,10,12-13H,8-9,11H2,(H,20,22). The van der Waals surface area contributed by atoms with Gasteiger partial charge in [-0.2, -0.15) is 0 Å². The first-order valence-corrected chi connectivity index (χ1v) is 7.62. The molecule has 4 heteroatoms. The lowest BCUT2D eigenvalue weighted by Gasteiger charge is -2.09. The van der Waals surface area contributed by atoms with Crippen LogP contribution in [0.1, 0.15) is 19.3 Å². The molecule has 1 aliphatic carbocycles. The Kier molecular flexibility index (Phi) is 3.15. The molecule has 0 bridgehead atoms. The van der Waals surface area contributed by atoms with Gasteiger partial charge in [0.1, 0.15) is 5.65 Å². The van der Waals surface area contributed by atoms with E-state index in [1.165, 1.54) is 12.8 Å². The zero-order valence-corrected chi connectivity index (χ0v) is 12.2. The van der Waals surface area contributed by atoms with Crippen molar-refractivity contribution in [3.8, 4) is 11.3 Å². The number of carbonyl (C=O) groups is 1. The van der Waals surface area contributed by atoms with Gasteiger partial charge in [-0.3, -0.25) is 4.79 Å². The molecule has 0 radical (unpaired) electrons. The van der Waals surface area contributed by atoms with Gasteiger partial charge in [-0.1, -0.05) is 24.3 Å². The van der Waals surface area contributed by atoms with Crippen molar-refractivity contribution in [1.82, 2.24) is 9.38 Å². The number of imidazole rings is 1. The van der Waals surface area contributed by atoms with Crippen LogP contribution in [0, 0.1) is 5.92 Å². The second-order valence-corrected chi connectivity index (χ2v) is 5.83. The zero-order chi connectivity index (χ0) is 14.9. The summed E-state index contributed by atoms with van der Waals surface area (Å²) in [6.07, 6.45) is 6.95. The summed E-state index contributed by atoms with van der Waals surface area (Å²) in [5.74, 6) is 0.682. The minimum atomic E-state index is 0.0960. The molecular weight excluding hydrogens is 274 g/mol. The second kappa shape index (κ2) is 5.30. The maximum atomic E-state index is 12.1. The Morgan fingerprint density at radius 2 is 2.00 bits per heavy atom. The van der Waals surface area contributed by atoms with Gasteiger partial charge in [0.25, 0.3) is 0 Å². The number of nitrogens with zero attached hydrogens (tertiary/aromatic N) is 2. The Morgan fingerprint density at radius 1 is 1.18 bits per heavy atom. The molecule has 4 rings (SSSR count). The van der Waals surface area contributed by atoms with Crippen molar-refractivity contribution in [3.05, 3.63) is 54.9 Å². The van der Waals surface area contributed by atoms with Gasteiger partial charge in [0.15, 0.2) is 0 Å². The van der Waals surface area contributed by atoms with Gasteiger partial charge >= 0.3 is 0 Å². The van der Waals surface area contributed by atoms with Gasteiger partial charge in [-0.25, -0.2) is 4.98 Å². The summed E-state index contributed by atoms with van der Waals surface area (Å²) in [5.41, 5.74) is 3.55.